The van der Waals surface area contributed by atoms with Crippen molar-refractivity contribution in [3.8, 4) is 6.07 Å². The van der Waals surface area contributed by atoms with Crippen molar-refractivity contribution in [2.75, 3.05) is 11.6 Å². The Hall–Kier alpha value is -2.33. The molecule has 3 rings (SSSR count). The number of hydrogen-bond donors (Lipinski definition) is 1. The van der Waals surface area contributed by atoms with E-state index in [4.69, 9.17) is 28.5 Å². The molecule has 0 aliphatic rings. The molecular weight excluding hydrogens is 389 g/mol. The van der Waals surface area contributed by atoms with Gasteiger partial charge in [-0.25, -0.2) is 4.98 Å². The Bertz CT molecular complexity index is 950. The quantitative estimate of drug-likeness (QED) is 0.598. The van der Waals surface area contributed by atoms with Gasteiger partial charge < -0.3 is 5.32 Å². The highest BCUT2D eigenvalue weighted by Crippen LogP contribution is 2.27. The number of aromatic nitrogens is 3. The fourth-order valence-corrected chi connectivity index (χ4v) is 3.15. The summed E-state index contributed by atoms with van der Waals surface area (Å²) in [5, 5.41) is 13.8. The lowest BCUT2D eigenvalue weighted by atomic mass is 10.1. The highest BCUT2D eigenvalue weighted by Gasteiger charge is 2.12. The van der Waals surface area contributed by atoms with Crippen LogP contribution < -0.4 is 5.32 Å². The summed E-state index contributed by atoms with van der Waals surface area (Å²) in [5.41, 5.74) is 2.15. The summed E-state index contributed by atoms with van der Waals surface area (Å²) < 4.78 is 0. The summed E-state index contributed by atoms with van der Waals surface area (Å²) in [4.78, 5) is 13.3. The largest absolute Gasteiger partial charge is 0.324 e. The Morgan fingerprint density at radius 1 is 1.04 bits per heavy atom. The Balaban J connectivity index is 1.90. The van der Waals surface area contributed by atoms with Crippen LogP contribution in [0, 0.1) is 11.3 Å². The van der Waals surface area contributed by atoms with E-state index in [9.17, 15) is 0 Å². The van der Waals surface area contributed by atoms with Crippen LogP contribution in [0.15, 0.2) is 47.6 Å². The first kappa shape index (κ1) is 18.5. The Labute approximate surface area is 165 Å². The van der Waals surface area contributed by atoms with E-state index in [1.807, 2.05) is 6.26 Å². The van der Waals surface area contributed by atoms with Crippen LogP contribution in [0.4, 0.5) is 11.6 Å². The maximum Gasteiger partial charge on any atom is 0.231 e. The van der Waals surface area contributed by atoms with Gasteiger partial charge in [0.2, 0.25) is 5.95 Å². The van der Waals surface area contributed by atoms with Crippen molar-refractivity contribution in [3.05, 3.63) is 69.5 Å². The van der Waals surface area contributed by atoms with Gasteiger partial charge in [0.05, 0.1) is 11.6 Å². The van der Waals surface area contributed by atoms with E-state index in [1.165, 1.54) is 11.8 Å². The molecule has 0 aliphatic heterocycles. The highest BCUT2D eigenvalue weighted by atomic mass is 35.5. The molecule has 0 amide bonds. The first-order valence-corrected chi connectivity index (χ1v) is 9.56. The average molecular weight is 402 g/mol. The van der Waals surface area contributed by atoms with Crippen LogP contribution in [0.25, 0.3) is 0 Å². The minimum Gasteiger partial charge on any atom is -0.324 e. The molecular formula is C18H13Cl2N5S. The molecule has 8 heteroatoms. The van der Waals surface area contributed by atoms with Crippen molar-refractivity contribution in [2.45, 2.75) is 11.6 Å². The zero-order valence-corrected chi connectivity index (χ0v) is 16.0. The van der Waals surface area contributed by atoms with Crippen molar-refractivity contribution in [1.82, 2.24) is 15.0 Å². The van der Waals surface area contributed by atoms with Gasteiger partial charge in [0, 0.05) is 22.2 Å². The third-order valence-corrected chi connectivity index (χ3v) is 4.77. The number of rotatable bonds is 5. The zero-order valence-electron chi connectivity index (χ0n) is 13.7. The minimum absolute atomic E-state index is 0.399. The van der Waals surface area contributed by atoms with Gasteiger partial charge in [-0.15, -0.1) is 0 Å². The van der Waals surface area contributed by atoms with Crippen LogP contribution in [0.2, 0.25) is 10.0 Å². The summed E-state index contributed by atoms with van der Waals surface area (Å²) in [6, 6.07) is 14.5. The van der Waals surface area contributed by atoms with Crippen molar-refractivity contribution in [2.24, 2.45) is 0 Å². The predicted octanol–water partition coefficient (Wildman–Crippen LogP) is 5.11. The number of thioether (sulfide) groups is 1. The standard InChI is InChI=1S/C18H13Cl2N5S/c1-26-18-24-16(9-13-14(19)3-2-4-15(13)20)23-17(25-18)22-12-7-5-11(10-21)6-8-12/h2-8H,9H2,1H3,(H,22,23,24,25). The Morgan fingerprint density at radius 2 is 1.73 bits per heavy atom. The molecule has 26 heavy (non-hydrogen) atoms. The predicted molar refractivity (Wildman–Crippen MR) is 105 cm³/mol. The molecule has 0 atom stereocenters. The van der Waals surface area contributed by atoms with Crippen molar-refractivity contribution in [1.29, 1.82) is 5.26 Å². The molecule has 3 aromatic rings. The van der Waals surface area contributed by atoms with Crippen molar-refractivity contribution in [3.63, 3.8) is 0 Å². The van der Waals surface area contributed by atoms with Gasteiger partial charge in [-0.2, -0.15) is 15.2 Å². The molecule has 1 N–H and O–H groups in total. The van der Waals surface area contributed by atoms with Crippen LogP contribution in [-0.4, -0.2) is 21.2 Å². The lowest BCUT2D eigenvalue weighted by Crippen LogP contribution is -2.06. The molecule has 0 aliphatic carbocycles. The minimum atomic E-state index is 0.399. The van der Waals surface area contributed by atoms with Gasteiger partial charge in [-0.1, -0.05) is 41.0 Å². The van der Waals surface area contributed by atoms with Gasteiger partial charge in [-0.3, -0.25) is 0 Å². The smallest absolute Gasteiger partial charge is 0.231 e. The third-order valence-electron chi connectivity index (χ3n) is 3.51. The highest BCUT2D eigenvalue weighted by molar-refractivity contribution is 7.98. The third kappa shape index (κ3) is 4.44. The molecule has 0 unspecified atom stereocenters. The second kappa shape index (κ2) is 8.37. The maximum atomic E-state index is 8.88. The number of nitrogens with one attached hydrogen (secondary N) is 1. The van der Waals surface area contributed by atoms with Gasteiger partial charge in [0.15, 0.2) is 5.16 Å². The molecule has 5 nitrogen and oxygen atoms in total. The first-order chi connectivity index (χ1) is 12.6. The maximum absolute atomic E-state index is 8.88. The van der Waals surface area contributed by atoms with E-state index in [-0.39, 0.29) is 0 Å². The van der Waals surface area contributed by atoms with Gasteiger partial charge in [0.25, 0.3) is 0 Å². The topological polar surface area (TPSA) is 74.5 Å². The zero-order chi connectivity index (χ0) is 18.5. The molecule has 130 valence electrons. The number of benzene rings is 2. The lowest BCUT2D eigenvalue weighted by Gasteiger charge is -2.10. The molecule has 1 heterocycles. The van der Waals surface area contributed by atoms with Crippen molar-refractivity contribution < 1.29 is 0 Å². The second-order valence-corrected chi connectivity index (χ2v) is 6.84. The number of nitrogens with zero attached hydrogens (tertiary/aromatic N) is 4. The molecule has 0 radical (unpaired) electrons. The fourth-order valence-electron chi connectivity index (χ4n) is 2.24. The van der Waals surface area contributed by atoms with E-state index in [0.29, 0.717) is 39.0 Å². The van der Waals surface area contributed by atoms with Crippen LogP contribution in [0.1, 0.15) is 17.0 Å². The van der Waals surface area contributed by atoms with E-state index in [1.54, 1.807) is 42.5 Å². The first-order valence-electron chi connectivity index (χ1n) is 7.58. The number of nitriles is 1. The molecule has 0 bridgehead atoms. The van der Waals surface area contributed by atoms with E-state index in [2.05, 4.69) is 26.3 Å². The molecule has 1 aromatic heterocycles. The summed E-state index contributed by atoms with van der Waals surface area (Å²) in [6.07, 6.45) is 2.30. The molecule has 0 fully saturated rings. The van der Waals surface area contributed by atoms with Crippen LogP contribution in [0.5, 0.6) is 0 Å². The fraction of sp³-hybridized carbons (Fsp3) is 0.111. The van der Waals surface area contributed by atoms with Crippen LogP contribution in [-0.2, 0) is 6.42 Å². The second-order valence-electron chi connectivity index (χ2n) is 5.25. The molecule has 2 aromatic carbocycles. The summed E-state index contributed by atoms with van der Waals surface area (Å²) >= 11 is 13.9. The van der Waals surface area contributed by atoms with E-state index in [0.717, 1.165) is 11.3 Å². The van der Waals surface area contributed by atoms with E-state index < -0.39 is 0 Å². The molecule has 0 saturated carbocycles. The summed E-state index contributed by atoms with van der Waals surface area (Å²) in [7, 11) is 0. The number of hydrogen-bond acceptors (Lipinski definition) is 6. The Morgan fingerprint density at radius 3 is 2.35 bits per heavy atom. The number of halogens is 2. The van der Waals surface area contributed by atoms with Crippen molar-refractivity contribution >= 4 is 46.6 Å². The van der Waals surface area contributed by atoms with Gasteiger partial charge in [0.1, 0.15) is 5.82 Å². The lowest BCUT2D eigenvalue weighted by molar-refractivity contribution is 0.837. The Kier molecular flexibility index (Phi) is 5.94. The summed E-state index contributed by atoms with van der Waals surface area (Å²) in [5.74, 6) is 0.989. The summed E-state index contributed by atoms with van der Waals surface area (Å²) in [6.45, 7) is 0. The van der Waals surface area contributed by atoms with Crippen LogP contribution >= 0.6 is 35.0 Å². The molecule has 0 saturated heterocycles. The van der Waals surface area contributed by atoms with Gasteiger partial charge in [-0.05, 0) is 48.2 Å². The SMILES string of the molecule is CSc1nc(Cc2c(Cl)cccc2Cl)nc(Nc2ccc(C#N)cc2)n1. The van der Waals surface area contributed by atoms with E-state index >= 15 is 0 Å². The molecule has 0 spiro atoms. The normalized spacial score (nSPS) is 10.4. The van der Waals surface area contributed by atoms with Gasteiger partial charge >= 0.3 is 0 Å². The average Bonchev–Trinajstić information content (AvgIpc) is 2.65. The number of anilines is 2. The monoisotopic (exact) mass is 401 g/mol. The van der Waals surface area contributed by atoms with Crippen LogP contribution in [0.3, 0.4) is 0 Å².